The summed E-state index contributed by atoms with van der Waals surface area (Å²) in [7, 11) is 0. The van der Waals surface area contributed by atoms with E-state index in [-0.39, 0.29) is 5.41 Å². The highest BCUT2D eigenvalue weighted by Gasteiger charge is 2.35. The maximum atomic E-state index is 6.48. The first-order valence-corrected chi connectivity index (χ1v) is 26.0. The first-order chi connectivity index (χ1) is 37.4. The molecule has 6 nitrogen and oxygen atoms in total. The van der Waals surface area contributed by atoms with Crippen LogP contribution in [0.25, 0.3) is 144 Å². The van der Waals surface area contributed by atoms with Crippen molar-refractivity contribution >= 4 is 76.3 Å². The van der Waals surface area contributed by atoms with Gasteiger partial charge >= 0.3 is 0 Å². The minimum absolute atomic E-state index is 0.0805. The molecule has 1 aliphatic rings. The lowest BCUT2D eigenvalue weighted by Crippen LogP contribution is -2.14. The molecular formula is C70H45N5O. The number of para-hydroxylation sites is 4. The number of fused-ring (bicyclic) bond motifs is 14. The zero-order valence-corrected chi connectivity index (χ0v) is 41.7. The standard InChI is InChI=1S/C70H45N5O/c1-70(2)58-28-9-5-22-51(58)52-35-32-46(40-59(52)70)44-18-13-17-43(38-44)45-19-14-20-47(39-45)50-26-15-27-57-65-49-21-4-3-16-42(49)34-37-62(65)75(66(50)57)69-72-67(48-33-36-56-55-25-8-12-31-63(55)76-64(56)41-48)71-68(73-69)74-60-29-10-6-23-53(60)54-24-7-11-30-61(54)74/h3-41H,1-2H3. The van der Waals surface area contributed by atoms with E-state index in [1.807, 2.05) is 18.2 Å². The van der Waals surface area contributed by atoms with Gasteiger partial charge in [-0.2, -0.15) is 15.0 Å². The number of aromatic nitrogens is 5. The van der Waals surface area contributed by atoms with Crippen LogP contribution in [0.4, 0.5) is 0 Å². The molecule has 0 fully saturated rings. The van der Waals surface area contributed by atoms with Gasteiger partial charge in [-0.05, 0) is 115 Å². The summed E-state index contributed by atoms with van der Waals surface area (Å²) in [5.41, 5.74) is 18.7. The summed E-state index contributed by atoms with van der Waals surface area (Å²) in [6.45, 7) is 4.69. The lowest BCUT2D eigenvalue weighted by Gasteiger charge is -2.22. The Kier molecular flexibility index (Phi) is 8.99. The predicted octanol–water partition coefficient (Wildman–Crippen LogP) is 18.1. The fourth-order valence-electron chi connectivity index (χ4n) is 12.6. The van der Waals surface area contributed by atoms with Crippen LogP contribution in [0.1, 0.15) is 25.0 Å². The molecule has 11 aromatic carbocycles. The molecule has 0 N–H and O–H groups in total. The van der Waals surface area contributed by atoms with E-state index < -0.39 is 0 Å². The number of rotatable bonds is 6. The van der Waals surface area contributed by atoms with Gasteiger partial charge in [-0.25, -0.2) is 0 Å². The quantitative estimate of drug-likeness (QED) is 0.167. The van der Waals surface area contributed by atoms with Gasteiger partial charge in [-0.3, -0.25) is 9.13 Å². The molecule has 15 aromatic rings. The van der Waals surface area contributed by atoms with Crippen LogP contribution in [0.3, 0.4) is 0 Å². The molecule has 0 atom stereocenters. The largest absolute Gasteiger partial charge is 0.456 e. The molecule has 6 heteroatoms. The van der Waals surface area contributed by atoms with Crippen molar-refractivity contribution in [2.75, 3.05) is 0 Å². The number of benzene rings is 11. The molecule has 0 saturated carbocycles. The van der Waals surface area contributed by atoms with Crippen molar-refractivity contribution in [3.63, 3.8) is 0 Å². The van der Waals surface area contributed by atoms with E-state index in [0.717, 1.165) is 98.8 Å². The first-order valence-electron chi connectivity index (χ1n) is 26.0. The second-order valence-corrected chi connectivity index (χ2v) is 20.7. The first kappa shape index (κ1) is 42.6. The van der Waals surface area contributed by atoms with Gasteiger partial charge in [0, 0.05) is 48.9 Å². The molecule has 0 radical (unpaired) electrons. The summed E-state index contributed by atoms with van der Waals surface area (Å²) >= 11 is 0. The van der Waals surface area contributed by atoms with Gasteiger partial charge in [0.25, 0.3) is 0 Å². The molecule has 16 rings (SSSR count). The van der Waals surface area contributed by atoms with Crippen LogP contribution in [-0.2, 0) is 5.41 Å². The number of furan rings is 1. The van der Waals surface area contributed by atoms with Gasteiger partial charge in [0.2, 0.25) is 11.9 Å². The maximum absolute atomic E-state index is 6.48. The smallest absolute Gasteiger partial charge is 0.240 e. The van der Waals surface area contributed by atoms with E-state index in [9.17, 15) is 0 Å². The summed E-state index contributed by atoms with van der Waals surface area (Å²) in [4.78, 5) is 16.5. The fraction of sp³-hybridized carbons (Fsp3) is 0.0429. The normalized spacial score (nSPS) is 13.0. The van der Waals surface area contributed by atoms with Gasteiger partial charge in [-0.15, -0.1) is 0 Å². The van der Waals surface area contributed by atoms with Gasteiger partial charge in [0.1, 0.15) is 11.2 Å². The molecule has 0 aliphatic heterocycles. The van der Waals surface area contributed by atoms with Crippen LogP contribution < -0.4 is 0 Å². The van der Waals surface area contributed by atoms with Crippen molar-refractivity contribution in [3.8, 4) is 67.8 Å². The minimum atomic E-state index is -0.0805. The Morgan fingerprint density at radius 3 is 1.70 bits per heavy atom. The topological polar surface area (TPSA) is 61.7 Å². The highest BCUT2D eigenvalue weighted by Crippen LogP contribution is 2.50. The van der Waals surface area contributed by atoms with E-state index in [1.165, 1.54) is 38.8 Å². The van der Waals surface area contributed by atoms with Crippen molar-refractivity contribution in [2.45, 2.75) is 19.3 Å². The fourth-order valence-corrected chi connectivity index (χ4v) is 12.6. The second-order valence-electron chi connectivity index (χ2n) is 20.7. The monoisotopic (exact) mass is 971 g/mol. The van der Waals surface area contributed by atoms with Gasteiger partial charge < -0.3 is 4.42 Å². The zero-order chi connectivity index (χ0) is 50.2. The Balaban J connectivity index is 0.916. The minimum Gasteiger partial charge on any atom is -0.456 e. The predicted molar refractivity (Wildman–Crippen MR) is 313 cm³/mol. The molecule has 76 heavy (non-hydrogen) atoms. The Bertz CT molecular complexity index is 4880. The van der Waals surface area contributed by atoms with Crippen molar-refractivity contribution in [2.24, 2.45) is 0 Å². The molecule has 0 amide bonds. The van der Waals surface area contributed by atoms with Crippen LogP contribution in [0, 0.1) is 0 Å². The van der Waals surface area contributed by atoms with Gasteiger partial charge in [0.05, 0.1) is 22.1 Å². The van der Waals surface area contributed by atoms with Crippen molar-refractivity contribution in [3.05, 3.63) is 248 Å². The molecule has 0 unspecified atom stereocenters. The number of hydrogen-bond donors (Lipinski definition) is 0. The molecule has 0 bridgehead atoms. The van der Waals surface area contributed by atoms with Gasteiger partial charge in [0.15, 0.2) is 5.82 Å². The molecule has 4 heterocycles. The highest BCUT2D eigenvalue weighted by molar-refractivity contribution is 6.23. The summed E-state index contributed by atoms with van der Waals surface area (Å²) in [5, 5.41) is 8.96. The summed E-state index contributed by atoms with van der Waals surface area (Å²) < 4.78 is 10.9. The summed E-state index contributed by atoms with van der Waals surface area (Å²) in [6, 6.07) is 85.1. The highest BCUT2D eigenvalue weighted by atomic mass is 16.3. The molecule has 1 aliphatic carbocycles. The van der Waals surface area contributed by atoms with E-state index >= 15 is 0 Å². The molecule has 4 aromatic heterocycles. The SMILES string of the molecule is CC1(C)c2ccccc2-c2ccc(-c3cccc(-c4cccc(-c5cccc6c7c8ccccc8ccc7n(-c7nc(-c8ccc9c(c8)oc8ccccc89)nc(-n8c9ccccc9c9ccccc98)n7)c56)c4)c3)cc21. The van der Waals surface area contributed by atoms with Crippen LogP contribution in [-0.4, -0.2) is 24.1 Å². The van der Waals surface area contributed by atoms with Crippen LogP contribution in [0.15, 0.2) is 241 Å². The second kappa shape index (κ2) is 16.0. The Morgan fingerprint density at radius 1 is 0.342 bits per heavy atom. The van der Waals surface area contributed by atoms with E-state index in [2.05, 4.69) is 241 Å². The zero-order valence-electron chi connectivity index (χ0n) is 41.7. The average Bonchev–Trinajstić information content (AvgIpc) is 4.25. The lowest BCUT2D eigenvalue weighted by atomic mass is 9.81. The average molecular weight is 972 g/mol. The number of nitrogens with zero attached hydrogens (tertiary/aromatic N) is 5. The van der Waals surface area contributed by atoms with E-state index in [0.29, 0.717) is 17.7 Å². The third-order valence-corrected chi connectivity index (χ3v) is 16.2. The Hall–Kier alpha value is -9.91. The van der Waals surface area contributed by atoms with E-state index in [1.54, 1.807) is 0 Å². The molecule has 356 valence electrons. The van der Waals surface area contributed by atoms with Crippen LogP contribution in [0.5, 0.6) is 0 Å². The Labute approximate surface area is 437 Å². The van der Waals surface area contributed by atoms with Crippen molar-refractivity contribution < 1.29 is 4.42 Å². The van der Waals surface area contributed by atoms with E-state index in [4.69, 9.17) is 19.4 Å². The third-order valence-electron chi connectivity index (χ3n) is 16.2. The lowest BCUT2D eigenvalue weighted by molar-refractivity contribution is 0.660. The molecular weight excluding hydrogens is 927 g/mol. The van der Waals surface area contributed by atoms with Crippen molar-refractivity contribution in [1.29, 1.82) is 0 Å². The van der Waals surface area contributed by atoms with Gasteiger partial charge in [-0.1, -0.05) is 196 Å². The summed E-state index contributed by atoms with van der Waals surface area (Å²) in [6.07, 6.45) is 0. The van der Waals surface area contributed by atoms with Crippen LogP contribution >= 0.6 is 0 Å². The number of hydrogen-bond acceptors (Lipinski definition) is 4. The molecule has 0 spiro atoms. The third kappa shape index (κ3) is 6.25. The molecule has 0 saturated heterocycles. The van der Waals surface area contributed by atoms with Crippen molar-refractivity contribution in [1.82, 2.24) is 24.1 Å². The Morgan fingerprint density at radius 2 is 0.908 bits per heavy atom. The summed E-state index contributed by atoms with van der Waals surface area (Å²) in [5.74, 6) is 1.57. The van der Waals surface area contributed by atoms with Crippen LogP contribution in [0.2, 0.25) is 0 Å². The maximum Gasteiger partial charge on any atom is 0.240 e.